The minimum Gasteiger partial charge on any atom is -0.352 e. The van der Waals surface area contributed by atoms with Crippen LogP contribution >= 0.6 is 27.7 Å². The monoisotopic (exact) mass is 476 g/mol. The van der Waals surface area contributed by atoms with Crippen LogP contribution in [0, 0.1) is 0 Å². The Balaban J connectivity index is 2.07. The van der Waals surface area contributed by atoms with Crippen molar-refractivity contribution in [2.24, 2.45) is 0 Å². The Morgan fingerprint density at radius 1 is 1.10 bits per heavy atom. The lowest BCUT2D eigenvalue weighted by molar-refractivity contribution is -0.140. The van der Waals surface area contributed by atoms with Gasteiger partial charge in [0.2, 0.25) is 11.8 Å². The number of hydrogen-bond donors (Lipinski definition) is 1. The second-order valence-corrected chi connectivity index (χ2v) is 9.14. The zero-order chi connectivity index (χ0) is 21.2. The topological polar surface area (TPSA) is 49.4 Å². The van der Waals surface area contributed by atoms with Crippen LogP contribution < -0.4 is 5.32 Å². The largest absolute Gasteiger partial charge is 0.352 e. The molecule has 2 aromatic carbocycles. The minimum atomic E-state index is -0.530. The quantitative estimate of drug-likeness (QED) is 0.475. The predicted octanol–water partition coefficient (Wildman–Crippen LogP) is 5.26. The van der Waals surface area contributed by atoms with Crippen molar-refractivity contribution in [3.63, 3.8) is 0 Å². The highest BCUT2D eigenvalue weighted by Crippen LogP contribution is 2.20. The predicted molar refractivity (Wildman–Crippen MR) is 124 cm³/mol. The summed E-state index contributed by atoms with van der Waals surface area (Å²) < 4.78 is 0.957. The summed E-state index contributed by atoms with van der Waals surface area (Å²) in [6.45, 7) is 6.21. The molecular formula is C23H29BrN2O2S. The average molecular weight is 477 g/mol. The third kappa shape index (κ3) is 7.86. The van der Waals surface area contributed by atoms with E-state index < -0.39 is 6.04 Å². The molecule has 2 atom stereocenters. The summed E-state index contributed by atoms with van der Waals surface area (Å²) in [6, 6.07) is 17.4. The molecule has 0 aromatic heterocycles. The van der Waals surface area contributed by atoms with E-state index >= 15 is 0 Å². The molecule has 0 saturated carbocycles. The van der Waals surface area contributed by atoms with E-state index in [4.69, 9.17) is 0 Å². The molecule has 6 heteroatoms. The van der Waals surface area contributed by atoms with E-state index in [0.717, 1.165) is 21.4 Å². The summed E-state index contributed by atoms with van der Waals surface area (Å²) in [5, 5.41) is 3.00. The summed E-state index contributed by atoms with van der Waals surface area (Å²) in [5.74, 6) is 0.552. The fourth-order valence-electron chi connectivity index (χ4n) is 2.80. The van der Waals surface area contributed by atoms with Crippen molar-refractivity contribution in [1.82, 2.24) is 10.2 Å². The highest BCUT2D eigenvalue weighted by molar-refractivity contribution is 9.10. The summed E-state index contributed by atoms with van der Waals surface area (Å²) in [4.78, 5) is 28.6. The van der Waals surface area contributed by atoms with Gasteiger partial charge in [0.05, 0.1) is 0 Å². The van der Waals surface area contributed by atoms with E-state index in [-0.39, 0.29) is 17.9 Å². The Morgan fingerprint density at radius 3 is 2.48 bits per heavy atom. The van der Waals surface area contributed by atoms with E-state index in [0.29, 0.717) is 18.7 Å². The number of nitrogens with zero attached hydrogens (tertiary/aromatic N) is 1. The standard InChI is InChI=1S/C23H29BrN2O2S/c1-4-17(2)25-23(28)18(3)26(16-19-9-8-10-20(24)15-19)22(27)13-14-29-21-11-6-5-7-12-21/h5-12,15,17-18H,4,13-14,16H2,1-3H3,(H,25,28)/t17-,18-/m1/s1. The van der Waals surface area contributed by atoms with Crippen molar-refractivity contribution in [3.05, 3.63) is 64.6 Å². The van der Waals surface area contributed by atoms with Gasteiger partial charge in [-0.1, -0.05) is 53.2 Å². The van der Waals surface area contributed by atoms with E-state index in [1.54, 1.807) is 23.6 Å². The summed E-state index contributed by atoms with van der Waals surface area (Å²) in [5.41, 5.74) is 0.992. The first-order valence-electron chi connectivity index (χ1n) is 9.92. The lowest BCUT2D eigenvalue weighted by Gasteiger charge is -2.29. The molecule has 156 valence electrons. The van der Waals surface area contributed by atoms with Gasteiger partial charge in [-0.3, -0.25) is 9.59 Å². The van der Waals surface area contributed by atoms with Gasteiger partial charge >= 0.3 is 0 Å². The molecule has 0 aliphatic heterocycles. The zero-order valence-electron chi connectivity index (χ0n) is 17.2. The van der Waals surface area contributed by atoms with E-state index in [1.807, 2.05) is 68.4 Å². The molecular weight excluding hydrogens is 448 g/mol. The Hall–Kier alpha value is -1.79. The molecule has 2 aromatic rings. The molecule has 1 N–H and O–H groups in total. The number of hydrogen-bond acceptors (Lipinski definition) is 3. The van der Waals surface area contributed by atoms with Gasteiger partial charge in [0.15, 0.2) is 0 Å². The van der Waals surface area contributed by atoms with Gasteiger partial charge in [0.1, 0.15) is 6.04 Å². The molecule has 2 amide bonds. The zero-order valence-corrected chi connectivity index (χ0v) is 19.6. The Morgan fingerprint density at radius 2 is 1.83 bits per heavy atom. The number of nitrogens with one attached hydrogen (secondary N) is 1. The molecule has 0 fully saturated rings. The first-order valence-corrected chi connectivity index (χ1v) is 11.7. The Labute approximate surface area is 186 Å². The fraction of sp³-hybridized carbons (Fsp3) is 0.391. The number of amides is 2. The number of carbonyl (C=O) groups is 2. The van der Waals surface area contributed by atoms with Gasteiger partial charge in [-0.05, 0) is 50.1 Å². The van der Waals surface area contributed by atoms with Gasteiger partial charge in [-0.25, -0.2) is 0 Å². The van der Waals surface area contributed by atoms with Crippen LogP contribution in [-0.4, -0.2) is 34.6 Å². The number of carbonyl (C=O) groups excluding carboxylic acids is 2. The lowest BCUT2D eigenvalue weighted by atomic mass is 10.1. The van der Waals surface area contributed by atoms with Gasteiger partial charge < -0.3 is 10.2 Å². The van der Waals surface area contributed by atoms with Crippen molar-refractivity contribution in [3.8, 4) is 0 Å². The van der Waals surface area contributed by atoms with Crippen LogP contribution in [0.4, 0.5) is 0 Å². The maximum atomic E-state index is 13.0. The summed E-state index contributed by atoms with van der Waals surface area (Å²) in [6.07, 6.45) is 1.24. The van der Waals surface area contributed by atoms with Crippen molar-refractivity contribution in [1.29, 1.82) is 0 Å². The Kier molecular flexibility index (Phi) is 9.74. The maximum absolute atomic E-state index is 13.0. The average Bonchev–Trinajstić information content (AvgIpc) is 2.72. The number of benzene rings is 2. The van der Waals surface area contributed by atoms with Crippen molar-refractivity contribution in [2.45, 2.75) is 57.1 Å². The number of halogens is 1. The molecule has 0 aliphatic rings. The number of rotatable bonds is 10. The van der Waals surface area contributed by atoms with Crippen LogP contribution in [0.5, 0.6) is 0 Å². The minimum absolute atomic E-state index is 0.0137. The molecule has 29 heavy (non-hydrogen) atoms. The SMILES string of the molecule is CC[C@@H](C)NC(=O)[C@@H](C)N(Cc1cccc(Br)c1)C(=O)CCSc1ccccc1. The first kappa shape index (κ1) is 23.5. The van der Waals surface area contributed by atoms with Crippen molar-refractivity contribution < 1.29 is 9.59 Å². The molecule has 0 heterocycles. The van der Waals surface area contributed by atoms with Gasteiger partial charge in [0.25, 0.3) is 0 Å². The van der Waals surface area contributed by atoms with Crippen LogP contribution in [0.2, 0.25) is 0 Å². The lowest BCUT2D eigenvalue weighted by Crippen LogP contribution is -2.49. The molecule has 0 saturated heterocycles. The molecule has 0 unspecified atom stereocenters. The molecule has 0 aliphatic carbocycles. The third-order valence-electron chi connectivity index (χ3n) is 4.74. The van der Waals surface area contributed by atoms with E-state index in [9.17, 15) is 9.59 Å². The molecule has 4 nitrogen and oxygen atoms in total. The molecule has 0 radical (unpaired) electrons. The maximum Gasteiger partial charge on any atom is 0.242 e. The second-order valence-electron chi connectivity index (χ2n) is 7.06. The summed E-state index contributed by atoms with van der Waals surface area (Å²) >= 11 is 5.13. The molecule has 0 bridgehead atoms. The highest BCUT2D eigenvalue weighted by atomic mass is 79.9. The van der Waals surface area contributed by atoms with Crippen molar-refractivity contribution in [2.75, 3.05) is 5.75 Å². The normalized spacial score (nSPS) is 12.8. The van der Waals surface area contributed by atoms with Crippen LogP contribution in [0.1, 0.15) is 39.2 Å². The Bertz CT molecular complexity index is 800. The fourth-order valence-corrected chi connectivity index (χ4v) is 4.11. The van der Waals surface area contributed by atoms with E-state index in [1.165, 1.54) is 0 Å². The second kappa shape index (κ2) is 12.0. The van der Waals surface area contributed by atoms with Gasteiger partial charge in [0, 0.05) is 34.1 Å². The number of thioether (sulfide) groups is 1. The van der Waals surface area contributed by atoms with Crippen LogP contribution in [0.25, 0.3) is 0 Å². The highest BCUT2D eigenvalue weighted by Gasteiger charge is 2.26. The molecule has 2 rings (SSSR count). The van der Waals surface area contributed by atoms with Crippen molar-refractivity contribution >= 4 is 39.5 Å². The van der Waals surface area contributed by atoms with Gasteiger partial charge in [-0.15, -0.1) is 11.8 Å². The van der Waals surface area contributed by atoms with Crippen LogP contribution in [0.15, 0.2) is 64.0 Å². The van der Waals surface area contributed by atoms with E-state index in [2.05, 4.69) is 21.2 Å². The van der Waals surface area contributed by atoms with Crippen LogP contribution in [-0.2, 0) is 16.1 Å². The van der Waals surface area contributed by atoms with Gasteiger partial charge in [-0.2, -0.15) is 0 Å². The molecule has 0 spiro atoms. The first-order chi connectivity index (χ1) is 13.9. The summed E-state index contributed by atoms with van der Waals surface area (Å²) in [7, 11) is 0. The smallest absolute Gasteiger partial charge is 0.242 e. The third-order valence-corrected chi connectivity index (χ3v) is 6.25. The van der Waals surface area contributed by atoms with Crippen LogP contribution in [0.3, 0.4) is 0 Å².